The Morgan fingerprint density at radius 3 is 2.45 bits per heavy atom. The van der Waals surface area contributed by atoms with E-state index in [4.69, 9.17) is 4.98 Å². The zero-order valence-electron chi connectivity index (χ0n) is 13.4. The molecule has 0 atom stereocenters. The van der Waals surface area contributed by atoms with E-state index in [0.717, 1.165) is 30.6 Å². The van der Waals surface area contributed by atoms with Crippen molar-refractivity contribution >= 4 is 16.6 Å². The fraction of sp³-hybridized carbons (Fsp3) is 0.500. The standard InChI is InChI=1S/C18H26N2/c1-6-10-19-16-12-17(18(3,4)5)20-15-9-8-13(7-2)11-14(15)16/h8-9,11-12H,6-7,10H2,1-5H3,(H,19,20). The SMILES string of the molecule is CCCNc1cc(C(C)(C)C)nc2ccc(CC)cc12. The van der Waals surface area contributed by atoms with Gasteiger partial charge in [0.15, 0.2) is 0 Å². The highest BCUT2D eigenvalue weighted by molar-refractivity contribution is 5.92. The number of fused-ring (bicyclic) bond motifs is 1. The second-order valence-electron chi connectivity index (χ2n) is 6.44. The second kappa shape index (κ2) is 5.82. The number of nitrogens with zero attached hydrogens (tertiary/aromatic N) is 1. The first-order valence-corrected chi connectivity index (χ1v) is 7.63. The van der Waals surface area contributed by atoms with Gasteiger partial charge in [-0.15, -0.1) is 0 Å². The van der Waals surface area contributed by atoms with Gasteiger partial charge in [-0.2, -0.15) is 0 Å². The average Bonchev–Trinajstić information content (AvgIpc) is 2.42. The van der Waals surface area contributed by atoms with E-state index in [1.54, 1.807) is 0 Å². The monoisotopic (exact) mass is 270 g/mol. The Morgan fingerprint density at radius 1 is 1.10 bits per heavy atom. The van der Waals surface area contributed by atoms with Crippen LogP contribution in [0.5, 0.6) is 0 Å². The Bertz CT molecular complexity index is 594. The van der Waals surface area contributed by atoms with Crippen molar-refractivity contribution in [3.63, 3.8) is 0 Å². The van der Waals surface area contributed by atoms with Gasteiger partial charge in [0.1, 0.15) is 0 Å². The number of aryl methyl sites for hydroxylation is 1. The smallest absolute Gasteiger partial charge is 0.0726 e. The van der Waals surface area contributed by atoms with Crippen molar-refractivity contribution in [2.24, 2.45) is 0 Å². The Balaban J connectivity index is 2.61. The average molecular weight is 270 g/mol. The molecule has 0 aliphatic heterocycles. The molecule has 0 amide bonds. The van der Waals surface area contributed by atoms with Gasteiger partial charge in [-0.05, 0) is 36.6 Å². The first-order valence-electron chi connectivity index (χ1n) is 7.63. The van der Waals surface area contributed by atoms with E-state index in [0.29, 0.717) is 0 Å². The number of rotatable bonds is 4. The molecule has 0 spiro atoms. The lowest BCUT2D eigenvalue weighted by atomic mass is 9.90. The lowest BCUT2D eigenvalue weighted by molar-refractivity contribution is 0.572. The minimum Gasteiger partial charge on any atom is -0.384 e. The molecule has 108 valence electrons. The van der Waals surface area contributed by atoms with Gasteiger partial charge in [0, 0.05) is 28.7 Å². The van der Waals surface area contributed by atoms with Crippen LogP contribution in [0.1, 0.15) is 52.3 Å². The summed E-state index contributed by atoms with van der Waals surface area (Å²) in [5.41, 5.74) is 4.89. The van der Waals surface area contributed by atoms with E-state index in [9.17, 15) is 0 Å². The molecular formula is C18H26N2. The quantitative estimate of drug-likeness (QED) is 0.853. The second-order valence-corrected chi connectivity index (χ2v) is 6.44. The Labute approximate surface area is 122 Å². The molecule has 20 heavy (non-hydrogen) atoms. The van der Waals surface area contributed by atoms with E-state index in [2.05, 4.69) is 64.2 Å². The van der Waals surface area contributed by atoms with E-state index in [-0.39, 0.29) is 5.41 Å². The third-order valence-corrected chi connectivity index (χ3v) is 3.62. The van der Waals surface area contributed by atoms with Crippen molar-refractivity contribution in [2.75, 3.05) is 11.9 Å². The molecule has 1 aromatic carbocycles. The zero-order valence-corrected chi connectivity index (χ0v) is 13.4. The van der Waals surface area contributed by atoms with Crippen molar-refractivity contribution in [1.29, 1.82) is 0 Å². The van der Waals surface area contributed by atoms with Crippen LogP contribution in [-0.4, -0.2) is 11.5 Å². The highest BCUT2D eigenvalue weighted by Crippen LogP contribution is 2.30. The molecule has 0 bridgehead atoms. The molecule has 2 aromatic rings. The first-order chi connectivity index (χ1) is 9.45. The van der Waals surface area contributed by atoms with Crippen molar-refractivity contribution in [2.45, 2.75) is 52.9 Å². The summed E-state index contributed by atoms with van der Waals surface area (Å²) in [4.78, 5) is 4.85. The number of benzene rings is 1. The van der Waals surface area contributed by atoms with Crippen LogP contribution in [0.15, 0.2) is 24.3 Å². The maximum atomic E-state index is 4.85. The van der Waals surface area contributed by atoms with Crippen molar-refractivity contribution in [3.8, 4) is 0 Å². The molecular weight excluding hydrogens is 244 g/mol. The van der Waals surface area contributed by atoms with Crippen LogP contribution in [-0.2, 0) is 11.8 Å². The number of anilines is 1. The van der Waals surface area contributed by atoms with Gasteiger partial charge in [-0.1, -0.05) is 40.7 Å². The maximum Gasteiger partial charge on any atom is 0.0726 e. The molecule has 0 radical (unpaired) electrons. The lowest BCUT2D eigenvalue weighted by Gasteiger charge is -2.20. The van der Waals surface area contributed by atoms with Crippen molar-refractivity contribution in [3.05, 3.63) is 35.5 Å². The number of nitrogens with one attached hydrogen (secondary N) is 1. The summed E-state index contributed by atoms with van der Waals surface area (Å²) in [5.74, 6) is 0. The minimum absolute atomic E-state index is 0.0697. The van der Waals surface area contributed by atoms with Gasteiger partial charge in [-0.25, -0.2) is 0 Å². The summed E-state index contributed by atoms with van der Waals surface area (Å²) in [5, 5.41) is 4.80. The molecule has 0 saturated carbocycles. The third kappa shape index (κ3) is 3.12. The number of hydrogen-bond acceptors (Lipinski definition) is 2. The van der Waals surface area contributed by atoms with Crippen LogP contribution in [0.2, 0.25) is 0 Å². The molecule has 0 fully saturated rings. The van der Waals surface area contributed by atoms with E-state index >= 15 is 0 Å². The van der Waals surface area contributed by atoms with Gasteiger partial charge in [-0.3, -0.25) is 4.98 Å². The van der Waals surface area contributed by atoms with Crippen LogP contribution < -0.4 is 5.32 Å². The van der Waals surface area contributed by atoms with Crippen LogP contribution in [0.25, 0.3) is 10.9 Å². The molecule has 0 saturated heterocycles. The van der Waals surface area contributed by atoms with Gasteiger partial charge in [0.2, 0.25) is 0 Å². The lowest BCUT2D eigenvalue weighted by Crippen LogP contribution is -2.14. The molecule has 2 nitrogen and oxygen atoms in total. The van der Waals surface area contributed by atoms with Crippen molar-refractivity contribution in [1.82, 2.24) is 4.98 Å². The number of hydrogen-bond donors (Lipinski definition) is 1. The molecule has 0 aliphatic rings. The van der Waals surface area contributed by atoms with Crippen LogP contribution in [0.4, 0.5) is 5.69 Å². The van der Waals surface area contributed by atoms with Crippen LogP contribution in [0, 0.1) is 0 Å². The minimum atomic E-state index is 0.0697. The predicted octanol–water partition coefficient (Wildman–Crippen LogP) is 4.92. The molecule has 1 N–H and O–H groups in total. The molecule has 2 rings (SSSR count). The highest BCUT2D eigenvalue weighted by atomic mass is 14.9. The molecule has 0 unspecified atom stereocenters. The van der Waals surface area contributed by atoms with E-state index in [1.165, 1.54) is 16.6 Å². The Morgan fingerprint density at radius 2 is 1.85 bits per heavy atom. The molecule has 1 heterocycles. The highest BCUT2D eigenvalue weighted by Gasteiger charge is 2.17. The third-order valence-electron chi connectivity index (χ3n) is 3.62. The number of pyridine rings is 1. The van der Waals surface area contributed by atoms with Gasteiger partial charge in [0.05, 0.1) is 5.52 Å². The fourth-order valence-electron chi connectivity index (χ4n) is 2.28. The summed E-state index contributed by atoms with van der Waals surface area (Å²) in [6.07, 6.45) is 2.19. The summed E-state index contributed by atoms with van der Waals surface area (Å²) in [7, 11) is 0. The molecule has 0 aliphatic carbocycles. The van der Waals surface area contributed by atoms with Crippen LogP contribution in [0.3, 0.4) is 0 Å². The predicted molar refractivity (Wildman–Crippen MR) is 88.6 cm³/mol. The maximum absolute atomic E-state index is 4.85. The van der Waals surface area contributed by atoms with Gasteiger partial charge >= 0.3 is 0 Å². The Kier molecular flexibility index (Phi) is 4.32. The summed E-state index contributed by atoms with van der Waals surface area (Å²) >= 11 is 0. The van der Waals surface area contributed by atoms with Crippen molar-refractivity contribution < 1.29 is 0 Å². The summed E-state index contributed by atoms with van der Waals surface area (Å²) in [6, 6.07) is 8.83. The first kappa shape index (κ1) is 14.8. The number of aromatic nitrogens is 1. The summed E-state index contributed by atoms with van der Waals surface area (Å²) in [6.45, 7) is 12.0. The van der Waals surface area contributed by atoms with Gasteiger partial charge < -0.3 is 5.32 Å². The summed E-state index contributed by atoms with van der Waals surface area (Å²) < 4.78 is 0. The normalized spacial score (nSPS) is 11.8. The zero-order chi connectivity index (χ0) is 14.8. The molecule has 1 aromatic heterocycles. The van der Waals surface area contributed by atoms with E-state index in [1.807, 2.05) is 0 Å². The largest absolute Gasteiger partial charge is 0.384 e. The molecule has 2 heteroatoms. The van der Waals surface area contributed by atoms with Gasteiger partial charge in [0.25, 0.3) is 0 Å². The van der Waals surface area contributed by atoms with E-state index < -0.39 is 0 Å². The Hall–Kier alpha value is -1.57. The fourth-order valence-corrected chi connectivity index (χ4v) is 2.28. The van der Waals surface area contributed by atoms with Crippen LogP contribution >= 0.6 is 0 Å². The topological polar surface area (TPSA) is 24.9 Å².